The molecule has 5 aromatic carbocycles. The van der Waals surface area contributed by atoms with Crippen molar-refractivity contribution in [3.63, 3.8) is 0 Å². The first-order valence-electron chi connectivity index (χ1n) is 14.0. The van der Waals surface area contributed by atoms with E-state index in [1.807, 2.05) is 35.9 Å². The van der Waals surface area contributed by atoms with Crippen LogP contribution in [0.15, 0.2) is 122 Å². The Morgan fingerprint density at radius 1 is 0.500 bits per heavy atom. The molecule has 10 aromatic rings. The monoisotopic (exact) mass is 552 g/mol. The molecule has 0 saturated heterocycles. The van der Waals surface area contributed by atoms with Gasteiger partial charge in [0.1, 0.15) is 5.82 Å². The van der Waals surface area contributed by atoms with Crippen LogP contribution < -0.4 is 0 Å². The molecule has 0 aliphatic carbocycles. The van der Waals surface area contributed by atoms with Crippen molar-refractivity contribution in [2.75, 3.05) is 0 Å². The van der Waals surface area contributed by atoms with Gasteiger partial charge in [0.25, 0.3) is 0 Å². The molecule has 42 heavy (non-hydrogen) atoms. The highest BCUT2D eigenvalue weighted by Gasteiger charge is 2.23. The quantitative estimate of drug-likeness (QED) is 0.190. The summed E-state index contributed by atoms with van der Waals surface area (Å²) in [4.78, 5) is 15.0. The summed E-state index contributed by atoms with van der Waals surface area (Å²) < 4.78 is 4.77. The van der Waals surface area contributed by atoms with Crippen LogP contribution in [0.5, 0.6) is 0 Å². The minimum Gasteiger partial charge on any atom is -0.291 e. The smallest absolute Gasteiger partial charge is 0.138 e. The van der Waals surface area contributed by atoms with E-state index in [0.29, 0.717) is 0 Å². The molecule has 4 nitrogen and oxygen atoms in total. The molecule has 0 spiro atoms. The van der Waals surface area contributed by atoms with Gasteiger partial charge in [-0.2, -0.15) is 0 Å². The Balaban J connectivity index is 1.46. The number of hydrogen-bond donors (Lipinski definition) is 0. The van der Waals surface area contributed by atoms with Crippen molar-refractivity contribution >= 4 is 96.7 Å². The van der Waals surface area contributed by atoms with E-state index in [1.165, 1.54) is 47.1 Å². The maximum atomic E-state index is 5.18. The van der Waals surface area contributed by atoms with Gasteiger partial charge in [0.05, 0.1) is 26.8 Å². The Bertz CT molecular complexity index is 2720. The lowest BCUT2D eigenvalue weighted by molar-refractivity contribution is 1.09. The van der Waals surface area contributed by atoms with Crippen molar-refractivity contribution in [2.45, 2.75) is 0 Å². The van der Waals surface area contributed by atoms with Gasteiger partial charge in [0.2, 0.25) is 0 Å². The highest BCUT2D eigenvalue weighted by molar-refractivity contribution is 7.26. The van der Waals surface area contributed by atoms with Gasteiger partial charge in [0.15, 0.2) is 0 Å². The molecule has 0 unspecified atom stereocenters. The third kappa shape index (κ3) is 2.78. The standard InChI is InChI=1S/C37H20N4S/c1-3-11-23-21(9-1)22-10-2-4-12-24(22)28-20-40-31(19-27(23)28)41-29-15-8-18-39-35(29)32-26-14-7-17-38-34(26)37-33(36(32)41)25-13-5-6-16-30(25)42-37/h1-20H. The molecule has 0 fully saturated rings. The van der Waals surface area contributed by atoms with Crippen LogP contribution in [0.4, 0.5) is 0 Å². The van der Waals surface area contributed by atoms with Crippen LogP contribution in [-0.4, -0.2) is 19.5 Å². The third-order valence-corrected chi connectivity index (χ3v) is 9.87. The van der Waals surface area contributed by atoms with E-state index in [2.05, 4.69) is 102 Å². The first-order valence-corrected chi connectivity index (χ1v) is 14.8. The van der Waals surface area contributed by atoms with Crippen molar-refractivity contribution in [3.05, 3.63) is 122 Å². The van der Waals surface area contributed by atoms with Gasteiger partial charge in [-0.05, 0) is 57.3 Å². The molecule has 5 heterocycles. The third-order valence-electron chi connectivity index (χ3n) is 8.69. The number of fused-ring (bicyclic) bond motifs is 16. The van der Waals surface area contributed by atoms with Crippen LogP contribution in [0.25, 0.3) is 91.1 Å². The molecule has 194 valence electrons. The van der Waals surface area contributed by atoms with E-state index >= 15 is 0 Å². The van der Waals surface area contributed by atoms with Crippen molar-refractivity contribution in [2.24, 2.45) is 0 Å². The summed E-state index contributed by atoms with van der Waals surface area (Å²) in [5, 5.41) is 12.0. The molecule has 0 radical (unpaired) electrons. The maximum absolute atomic E-state index is 5.18. The second-order valence-corrected chi connectivity index (χ2v) is 11.9. The van der Waals surface area contributed by atoms with Gasteiger partial charge in [-0.15, -0.1) is 11.3 Å². The Morgan fingerprint density at radius 2 is 1.12 bits per heavy atom. The molecular formula is C37H20N4S. The van der Waals surface area contributed by atoms with Gasteiger partial charge in [0, 0.05) is 50.2 Å². The predicted octanol–water partition coefficient (Wildman–Crippen LogP) is 9.95. The van der Waals surface area contributed by atoms with Gasteiger partial charge in [-0.25, -0.2) is 4.98 Å². The second-order valence-electron chi connectivity index (χ2n) is 10.8. The molecular weight excluding hydrogens is 533 g/mol. The lowest BCUT2D eigenvalue weighted by Crippen LogP contribution is -1.98. The molecule has 0 bridgehead atoms. The van der Waals surface area contributed by atoms with E-state index in [9.17, 15) is 0 Å². The number of benzene rings is 5. The highest BCUT2D eigenvalue weighted by atomic mass is 32.1. The van der Waals surface area contributed by atoms with E-state index in [4.69, 9.17) is 15.0 Å². The van der Waals surface area contributed by atoms with Gasteiger partial charge in [-0.1, -0.05) is 72.8 Å². The van der Waals surface area contributed by atoms with Crippen molar-refractivity contribution in [1.82, 2.24) is 19.5 Å². The summed E-state index contributed by atoms with van der Waals surface area (Å²) in [6.07, 6.45) is 5.83. The number of thiophene rings is 1. The minimum atomic E-state index is 0.885. The van der Waals surface area contributed by atoms with E-state index in [0.717, 1.165) is 44.0 Å². The maximum Gasteiger partial charge on any atom is 0.138 e. The average molecular weight is 553 g/mol. The van der Waals surface area contributed by atoms with E-state index in [-0.39, 0.29) is 0 Å². The zero-order valence-corrected chi connectivity index (χ0v) is 23.1. The second kappa shape index (κ2) is 8.09. The molecule has 0 amide bonds. The van der Waals surface area contributed by atoms with Crippen LogP contribution in [-0.2, 0) is 0 Å². The SMILES string of the molecule is c1ccc2c(c1)sc1c3ncccc3c3c4ncccc4n(-c4cc5c6ccccc6c6ccccc6c5cn4)c3c21. The molecule has 0 aliphatic rings. The minimum absolute atomic E-state index is 0.885. The van der Waals surface area contributed by atoms with Crippen LogP contribution in [0.2, 0.25) is 0 Å². The normalized spacial score (nSPS) is 12.3. The van der Waals surface area contributed by atoms with Gasteiger partial charge in [-0.3, -0.25) is 14.5 Å². The van der Waals surface area contributed by atoms with Gasteiger partial charge < -0.3 is 0 Å². The lowest BCUT2D eigenvalue weighted by atomic mass is 9.95. The van der Waals surface area contributed by atoms with Gasteiger partial charge >= 0.3 is 0 Å². The number of hydrogen-bond acceptors (Lipinski definition) is 4. The van der Waals surface area contributed by atoms with E-state index < -0.39 is 0 Å². The lowest BCUT2D eigenvalue weighted by Gasteiger charge is -2.13. The summed E-state index contributed by atoms with van der Waals surface area (Å²) in [5.74, 6) is 0.885. The highest BCUT2D eigenvalue weighted by Crippen LogP contribution is 2.47. The summed E-state index contributed by atoms with van der Waals surface area (Å²) in [6, 6.07) is 36.7. The molecule has 5 aromatic heterocycles. The molecule has 0 aliphatic heterocycles. The van der Waals surface area contributed by atoms with Crippen LogP contribution in [0.3, 0.4) is 0 Å². The topological polar surface area (TPSA) is 43.6 Å². The van der Waals surface area contributed by atoms with E-state index in [1.54, 1.807) is 0 Å². The fraction of sp³-hybridized carbons (Fsp3) is 0. The molecule has 0 saturated carbocycles. The van der Waals surface area contributed by atoms with Crippen molar-refractivity contribution in [3.8, 4) is 5.82 Å². The summed E-state index contributed by atoms with van der Waals surface area (Å²) in [5.41, 5.74) is 4.16. The number of aromatic nitrogens is 4. The number of pyridine rings is 3. The van der Waals surface area contributed by atoms with Crippen LogP contribution >= 0.6 is 11.3 Å². The van der Waals surface area contributed by atoms with Crippen LogP contribution in [0.1, 0.15) is 0 Å². The largest absolute Gasteiger partial charge is 0.291 e. The zero-order chi connectivity index (χ0) is 27.4. The zero-order valence-electron chi connectivity index (χ0n) is 22.2. The summed E-state index contributed by atoms with van der Waals surface area (Å²) in [7, 11) is 0. The Hall–Kier alpha value is -5.39. The average Bonchev–Trinajstić information content (AvgIpc) is 3.61. The summed E-state index contributed by atoms with van der Waals surface area (Å²) in [6.45, 7) is 0. The van der Waals surface area contributed by atoms with Crippen LogP contribution in [0, 0.1) is 0 Å². The Labute approximate surface area is 243 Å². The first-order chi connectivity index (χ1) is 20.9. The fourth-order valence-corrected chi connectivity index (χ4v) is 8.20. The van der Waals surface area contributed by atoms with Crippen molar-refractivity contribution < 1.29 is 0 Å². The number of rotatable bonds is 1. The Kier molecular flexibility index (Phi) is 4.30. The van der Waals surface area contributed by atoms with Crippen molar-refractivity contribution in [1.29, 1.82) is 0 Å². The Morgan fingerprint density at radius 3 is 1.90 bits per heavy atom. The summed E-state index contributed by atoms with van der Waals surface area (Å²) >= 11 is 1.81. The molecule has 10 rings (SSSR count). The molecule has 0 N–H and O–H groups in total. The fourth-order valence-electron chi connectivity index (χ4n) is 6.99. The molecule has 5 heteroatoms. The molecule has 0 atom stereocenters. The first kappa shape index (κ1) is 22.3. The number of nitrogens with zero attached hydrogens (tertiary/aromatic N) is 4. The predicted molar refractivity (Wildman–Crippen MR) is 177 cm³/mol.